The van der Waals surface area contributed by atoms with Gasteiger partial charge in [-0.05, 0) is 25.6 Å². The molecule has 0 fully saturated rings. The van der Waals surface area contributed by atoms with Gasteiger partial charge in [0.2, 0.25) is 0 Å². The zero-order chi connectivity index (χ0) is 15.1. The first-order chi connectivity index (χ1) is 10.2. The van der Waals surface area contributed by atoms with Crippen molar-refractivity contribution in [3.8, 4) is 0 Å². The van der Waals surface area contributed by atoms with E-state index in [0.29, 0.717) is 6.42 Å². The average molecular weight is 282 g/mol. The molecule has 3 nitrogen and oxygen atoms in total. The molecule has 1 heterocycles. The quantitative estimate of drug-likeness (QED) is 0.729. The van der Waals surface area contributed by atoms with E-state index in [1.807, 2.05) is 55.5 Å². The molecule has 0 N–H and O–H groups in total. The second-order valence-corrected chi connectivity index (χ2v) is 5.18. The Morgan fingerprint density at radius 3 is 2.52 bits per heavy atom. The molecule has 0 bridgehead atoms. The Morgan fingerprint density at radius 1 is 1.10 bits per heavy atom. The molecule has 2 rings (SSSR count). The summed E-state index contributed by atoms with van der Waals surface area (Å²) in [4.78, 5) is 18.9. The van der Waals surface area contributed by atoms with Gasteiger partial charge in [-0.15, -0.1) is 0 Å². The Balaban J connectivity index is 1.89. The van der Waals surface area contributed by atoms with Gasteiger partial charge in [-0.25, -0.2) is 0 Å². The molecule has 0 spiro atoms. The predicted molar refractivity (Wildman–Crippen MR) is 85.3 cm³/mol. The fourth-order valence-electron chi connectivity index (χ4n) is 2.29. The lowest BCUT2D eigenvalue weighted by molar-refractivity contribution is 0.0963. The van der Waals surface area contributed by atoms with E-state index in [9.17, 15) is 4.79 Å². The minimum atomic E-state index is 0.200. The van der Waals surface area contributed by atoms with Crippen LogP contribution in [0.5, 0.6) is 0 Å². The maximum Gasteiger partial charge on any atom is 0.164 e. The number of ketones is 1. The molecule has 0 amide bonds. The van der Waals surface area contributed by atoms with E-state index in [1.54, 1.807) is 0 Å². The highest BCUT2D eigenvalue weighted by atomic mass is 16.1. The third-order valence-electron chi connectivity index (χ3n) is 3.53. The molecule has 0 aliphatic carbocycles. The van der Waals surface area contributed by atoms with Crippen molar-refractivity contribution in [1.29, 1.82) is 0 Å². The van der Waals surface area contributed by atoms with Crippen LogP contribution >= 0.6 is 0 Å². The van der Waals surface area contributed by atoms with Crippen LogP contribution in [0.4, 0.5) is 0 Å². The zero-order valence-electron chi connectivity index (χ0n) is 12.7. The molecular weight excluding hydrogens is 260 g/mol. The van der Waals surface area contributed by atoms with Crippen molar-refractivity contribution in [1.82, 2.24) is 9.88 Å². The minimum absolute atomic E-state index is 0.200. The Morgan fingerprint density at radius 2 is 1.86 bits per heavy atom. The molecule has 0 saturated carbocycles. The standard InChI is InChI=1S/C18H22N2O/c1-3-20(14-17-11-7-8-15(2)19-17)13-12-18(21)16-9-5-4-6-10-16/h4-11H,3,12-14H2,1-2H3. The average Bonchev–Trinajstić information content (AvgIpc) is 2.52. The van der Waals surface area contributed by atoms with E-state index in [-0.39, 0.29) is 5.78 Å². The fourth-order valence-corrected chi connectivity index (χ4v) is 2.29. The smallest absolute Gasteiger partial charge is 0.164 e. The number of hydrogen-bond acceptors (Lipinski definition) is 3. The van der Waals surface area contributed by atoms with Crippen LogP contribution in [0.15, 0.2) is 48.5 Å². The minimum Gasteiger partial charge on any atom is -0.297 e. The van der Waals surface area contributed by atoms with Crippen LogP contribution in [0.1, 0.15) is 35.1 Å². The molecule has 0 aliphatic heterocycles. The van der Waals surface area contributed by atoms with E-state index in [0.717, 1.165) is 36.6 Å². The molecule has 0 unspecified atom stereocenters. The second-order valence-electron chi connectivity index (χ2n) is 5.18. The van der Waals surface area contributed by atoms with Crippen molar-refractivity contribution < 1.29 is 4.79 Å². The Kier molecular flexibility index (Phi) is 5.64. The number of aryl methyl sites for hydroxylation is 1. The molecule has 0 atom stereocenters. The topological polar surface area (TPSA) is 33.2 Å². The van der Waals surface area contributed by atoms with Crippen LogP contribution in [0.2, 0.25) is 0 Å². The lowest BCUT2D eigenvalue weighted by atomic mass is 10.1. The molecule has 0 aliphatic rings. The number of nitrogens with zero attached hydrogens (tertiary/aromatic N) is 2. The van der Waals surface area contributed by atoms with Crippen molar-refractivity contribution in [3.05, 3.63) is 65.5 Å². The van der Waals surface area contributed by atoms with Crippen LogP contribution in [-0.2, 0) is 6.54 Å². The lowest BCUT2D eigenvalue weighted by Crippen LogP contribution is -2.26. The van der Waals surface area contributed by atoms with Crippen LogP contribution in [0.3, 0.4) is 0 Å². The molecule has 0 radical (unpaired) electrons. The van der Waals surface area contributed by atoms with Crippen molar-refractivity contribution >= 4 is 5.78 Å². The summed E-state index contributed by atoms with van der Waals surface area (Å²) in [6, 6.07) is 15.6. The number of hydrogen-bond donors (Lipinski definition) is 0. The first-order valence-corrected chi connectivity index (χ1v) is 7.42. The largest absolute Gasteiger partial charge is 0.297 e. The molecule has 110 valence electrons. The Labute approximate surface area is 126 Å². The van der Waals surface area contributed by atoms with Crippen molar-refractivity contribution in [2.24, 2.45) is 0 Å². The normalized spacial score (nSPS) is 10.8. The van der Waals surface area contributed by atoms with E-state index in [1.165, 1.54) is 0 Å². The third kappa shape index (κ3) is 4.80. The number of Topliss-reactive ketones (excluding diaryl/α,β-unsaturated/α-hetero) is 1. The molecule has 1 aromatic heterocycles. The molecular formula is C18H22N2O. The monoisotopic (exact) mass is 282 g/mol. The third-order valence-corrected chi connectivity index (χ3v) is 3.53. The highest BCUT2D eigenvalue weighted by molar-refractivity contribution is 5.96. The number of aromatic nitrogens is 1. The van der Waals surface area contributed by atoms with Gasteiger partial charge in [0.15, 0.2) is 5.78 Å². The van der Waals surface area contributed by atoms with E-state index >= 15 is 0 Å². The van der Waals surface area contributed by atoms with Gasteiger partial charge in [-0.2, -0.15) is 0 Å². The van der Waals surface area contributed by atoms with Crippen LogP contribution in [0.25, 0.3) is 0 Å². The maximum absolute atomic E-state index is 12.1. The Hall–Kier alpha value is -2.00. The molecule has 0 saturated heterocycles. The zero-order valence-corrected chi connectivity index (χ0v) is 12.7. The van der Waals surface area contributed by atoms with Gasteiger partial charge in [0.1, 0.15) is 0 Å². The number of pyridine rings is 1. The van der Waals surface area contributed by atoms with E-state index < -0.39 is 0 Å². The van der Waals surface area contributed by atoms with Crippen LogP contribution in [0, 0.1) is 6.92 Å². The van der Waals surface area contributed by atoms with Gasteiger partial charge < -0.3 is 0 Å². The highest BCUT2D eigenvalue weighted by Crippen LogP contribution is 2.07. The summed E-state index contributed by atoms with van der Waals surface area (Å²) < 4.78 is 0. The number of rotatable bonds is 7. The summed E-state index contributed by atoms with van der Waals surface area (Å²) >= 11 is 0. The molecule has 1 aromatic carbocycles. The summed E-state index contributed by atoms with van der Waals surface area (Å²) in [6.07, 6.45) is 0.545. The molecule has 21 heavy (non-hydrogen) atoms. The van der Waals surface area contributed by atoms with Gasteiger partial charge in [0.25, 0.3) is 0 Å². The summed E-state index contributed by atoms with van der Waals surface area (Å²) in [6.45, 7) is 6.58. The van der Waals surface area contributed by atoms with Gasteiger partial charge in [-0.1, -0.05) is 43.3 Å². The van der Waals surface area contributed by atoms with Crippen LogP contribution in [-0.4, -0.2) is 28.8 Å². The van der Waals surface area contributed by atoms with Crippen LogP contribution < -0.4 is 0 Å². The lowest BCUT2D eigenvalue weighted by Gasteiger charge is -2.19. The maximum atomic E-state index is 12.1. The second kappa shape index (κ2) is 7.70. The summed E-state index contributed by atoms with van der Waals surface area (Å²) in [7, 11) is 0. The molecule has 3 heteroatoms. The predicted octanol–water partition coefficient (Wildman–Crippen LogP) is 3.48. The van der Waals surface area contributed by atoms with Crippen molar-refractivity contribution in [2.75, 3.05) is 13.1 Å². The number of benzene rings is 1. The fraction of sp³-hybridized carbons (Fsp3) is 0.333. The van der Waals surface area contributed by atoms with E-state index in [2.05, 4.69) is 16.8 Å². The first kappa shape index (κ1) is 15.4. The number of carbonyl (C=O) groups is 1. The van der Waals surface area contributed by atoms with Gasteiger partial charge in [-0.3, -0.25) is 14.7 Å². The highest BCUT2D eigenvalue weighted by Gasteiger charge is 2.09. The van der Waals surface area contributed by atoms with Gasteiger partial charge in [0, 0.05) is 30.8 Å². The summed E-state index contributed by atoms with van der Waals surface area (Å²) in [5.41, 5.74) is 2.88. The van der Waals surface area contributed by atoms with Gasteiger partial charge >= 0.3 is 0 Å². The molecule has 2 aromatic rings. The van der Waals surface area contributed by atoms with Gasteiger partial charge in [0.05, 0.1) is 5.69 Å². The summed E-state index contributed by atoms with van der Waals surface area (Å²) in [5, 5.41) is 0. The Bertz CT molecular complexity index is 581. The van der Waals surface area contributed by atoms with Crippen molar-refractivity contribution in [3.63, 3.8) is 0 Å². The first-order valence-electron chi connectivity index (χ1n) is 7.42. The summed E-state index contributed by atoms with van der Waals surface area (Å²) in [5.74, 6) is 0.200. The van der Waals surface area contributed by atoms with Crippen molar-refractivity contribution in [2.45, 2.75) is 26.8 Å². The SMILES string of the molecule is CCN(CCC(=O)c1ccccc1)Cc1cccc(C)n1. The van der Waals surface area contributed by atoms with E-state index in [4.69, 9.17) is 0 Å². The number of carbonyl (C=O) groups excluding carboxylic acids is 1.